The molecule has 0 aliphatic heterocycles. The second kappa shape index (κ2) is 2.34. The molecule has 5 heteroatoms. The molecule has 0 spiro atoms. The van der Waals surface area contributed by atoms with E-state index in [4.69, 9.17) is 0 Å². The molecular weight excluding hydrogens is 233 g/mol. The fraction of sp³-hybridized carbons (Fsp3) is 0. The Morgan fingerprint density at radius 2 is 2.11 bits per heavy atom. The molecule has 9 heavy (non-hydrogen) atoms. The van der Waals surface area contributed by atoms with Crippen molar-refractivity contribution >= 4 is 22.6 Å². The smallest absolute Gasteiger partial charge is 0.313 e. The van der Waals surface area contributed by atoms with E-state index in [9.17, 15) is 9.59 Å². The maximum Gasteiger partial charge on any atom is 0.325 e. The molecular formula is C4H3IN2O2. The molecule has 0 saturated heterocycles. The van der Waals surface area contributed by atoms with Crippen molar-refractivity contribution < 1.29 is 0 Å². The van der Waals surface area contributed by atoms with Crippen molar-refractivity contribution in [3.8, 4) is 0 Å². The summed E-state index contributed by atoms with van der Waals surface area (Å²) < 4.78 is 0.479. The van der Waals surface area contributed by atoms with Crippen molar-refractivity contribution in [1.82, 2.24) is 9.97 Å². The zero-order chi connectivity index (χ0) is 6.85. The minimum Gasteiger partial charge on any atom is -0.313 e. The Kier molecular flexibility index (Phi) is 1.70. The van der Waals surface area contributed by atoms with Gasteiger partial charge in [0.1, 0.15) is 0 Å². The molecule has 0 saturated carbocycles. The Morgan fingerprint density at radius 1 is 1.44 bits per heavy atom. The van der Waals surface area contributed by atoms with Crippen LogP contribution in [0.15, 0.2) is 15.8 Å². The zero-order valence-electron chi connectivity index (χ0n) is 4.27. The van der Waals surface area contributed by atoms with E-state index in [-0.39, 0.29) is 5.56 Å². The first kappa shape index (κ1) is 6.53. The standard InChI is InChI=1S/C4H3IN2O2/c5-2-1-6-4(9)7-3(2)8/h1H,(H2,6,7,8,9)/i5-2. The van der Waals surface area contributed by atoms with Gasteiger partial charge in [0.15, 0.2) is 0 Å². The van der Waals surface area contributed by atoms with Crippen LogP contribution in [0.3, 0.4) is 0 Å². The highest BCUT2D eigenvalue weighted by atomic mass is 125. The number of aromatic nitrogens is 2. The molecule has 0 aromatic carbocycles. The van der Waals surface area contributed by atoms with Crippen molar-refractivity contribution in [1.29, 1.82) is 0 Å². The van der Waals surface area contributed by atoms with E-state index in [1.807, 2.05) is 22.6 Å². The van der Waals surface area contributed by atoms with Crippen molar-refractivity contribution in [3.05, 3.63) is 30.6 Å². The van der Waals surface area contributed by atoms with Gasteiger partial charge in [0.25, 0.3) is 5.56 Å². The topological polar surface area (TPSA) is 65.7 Å². The van der Waals surface area contributed by atoms with E-state index in [1.165, 1.54) is 6.20 Å². The first-order valence-electron chi connectivity index (χ1n) is 2.17. The molecule has 1 aromatic rings. The van der Waals surface area contributed by atoms with Gasteiger partial charge in [0.05, 0.1) is 3.57 Å². The van der Waals surface area contributed by atoms with E-state index in [1.54, 1.807) is 0 Å². The second-order valence-corrected chi connectivity index (χ2v) is 2.58. The van der Waals surface area contributed by atoms with Gasteiger partial charge in [-0.05, 0) is 22.6 Å². The van der Waals surface area contributed by atoms with Gasteiger partial charge >= 0.3 is 5.69 Å². The number of rotatable bonds is 0. The molecule has 1 rings (SSSR count). The number of nitrogens with one attached hydrogen (secondary N) is 2. The summed E-state index contributed by atoms with van der Waals surface area (Å²) in [5, 5.41) is 0. The second-order valence-electron chi connectivity index (χ2n) is 1.42. The molecule has 1 heterocycles. The molecule has 0 amide bonds. The lowest BCUT2D eigenvalue weighted by molar-refractivity contribution is 1.02. The van der Waals surface area contributed by atoms with Crippen LogP contribution in [0.4, 0.5) is 0 Å². The van der Waals surface area contributed by atoms with Gasteiger partial charge in [-0.3, -0.25) is 9.78 Å². The van der Waals surface area contributed by atoms with Gasteiger partial charge in [-0.2, -0.15) is 0 Å². The van der Waals surface area contributed by atoms with Gasteiger partial charge in [-0.1, -0.05) is 0 Å². The van der Waals surface area contributed by atoms with Gasteiger partial charge in [-0.25, -0.2) is 4.79 Å². The Balaban J connectivity index is 3.52. The summed E-state index contributed by atoms with van der Waals surface area (Å²) in [5.74, 6) is 0. The van der Waals surface area contributed by atoms with E-state index >= 15 is 0 Å². The molecule has 2 N–H and O–H groups in total. The molecule has 0 bridgehead atoms. The number of halogens is 1. The minimum atomic E-state index is -0.472. The van der Waals surface area contributed by atoms with Gasteiger partial charge in [0.2, 0.25) is 0 Å². The third kappa shape index (κ3) is 1.41. The fourth-order valence-electron chi connectivity index (χ4n) is 0.393. The quantitative estimate of drug-likeness (QED) is 0.605. The van der Waals surface area contributed by atoms with Gasteiger partial charge in [0, 0.05) is 6.20 Å². The first-order chi connectivity index (χ1) is 4.20. The third-order valence-corrected chi connectivity index (χ3v) is 1.58. The predicted octanol–water partition coefficient (Wildman–Crippen LogP) is -0.332. The summed E-state index contributed by atoms with van der Waals surface area (Å²) >= 11 is 1.83. The Labute approximate surface area is 63.5 Å². The maximum atomic E-state index is 10.6. The van der Waals surface area contributed by atoms with Gasteiger partial charge in [-0.15, -0.1) is 0 Å². The summed E-state index contributed by atoms with van der Waals surface area (Å²) in [4.78, 5) is 25.3. The maximum absolute atomic E-state index is 10.6. The van der Waals surface area contributed by atoms with Crippen molar-refractivity contribution in [2.24, 2.45) is 0 Å². The molecule has 0 unspecified atom stereocenters. The number of aromatic amines is 2. The molecule has 0 aliphatic rings. The van der Waals surface area contributed by atoms with Crippen LogP contribution in [0.5, 0.6) is 0 Å². The zero-order valence-corrected chi connectivity index (χ0v) is 6.43. The number of H-pyrrole nitrogens is 2. The Morgan fingerprint density at radius 3 is 2.56 bits per heavy atom. The fourth-order valence-corrected chi connectivity index (χ4v) is 0.684. The first-order valence-corrected chi connectivity index (χ1v) is 3.25. The summed E-state index contributed by atoms with van der Waals surface area (Å²) in [6.45, 7) is 0. The van der Waals surface area contributed by atoms with E-state index in [0.29, 0.717) is 3.57 Å². The summed E-state index contributed by atoms with van der Waals surface area (Å²) in [6.07, 6.45) is 1.36. The van der Waals surface area contributed by atoms with E-state index < -0.39 is 5.69 Å². The van der Waals surface area contributed by atoms with Crippen molar-refractivity contribution in [3.63, 3.8) is 0 Å². The molecule has 48 valence electrons. The lowest BCUT2D eigenvalue weighted by Crippen LogP contribution is -2.22. The lowest BCUT2D eigenvalue weighted by Gasteiger charge is -1.82. The highest BCUT2D eigenvalue weighted by Gasteiger charge is 1.90. The molecule has 0 fully saturated rings. The highest BCUT2D eigenvalue weighted by molar-refractivity contribution is 14.1. The van der Waals surface area contributed by atoms with Crippen LogP contribution < -0.4 is 11.2 Å². The Bertz CT molecular complexity index is 313. The third-order valence-electron chi connectivity index (χ3n) is 0.774. The van der Waals surface area contributed by atoms with Crippen LogP contribution in [-0.4, -0.2) is 9.97 Å². The normalized spacial score (nSPS) is 9.44. The predicted molar refractivity (Wildman–Crippen MR) is 40.4 cm³/mol. The number of hydrogen-bond acceptors (Lipinski definition) is 2. The average molecular weight is 236 g/mol. The molecule has 4 nitrogen and oxygen atoms in total. The summed E-state index contributed by atoms with van der Waals surface area (Å²) in [6, 6.07) is 0. The van der Waals surface area contributed by atoms with Crippen LogP contribution in [-0.2, 0) is 0 Å². The van der Waals surface area contributed by atoms with Crippen LogP contribution in [0.25, 0.3) is 0 Å². The summed E-state index contributed by atoms with van der Waals surface area (Å²) in [7, 11) is 0. The van der Waals surface area contributed by atoms with Crippen LogP contribution in [0.1, 0.15) is 0 Å². The molecule has 0 radical (unpaired) electrons. The monoisotopic (exact) mass is 236 g/mol. The van der Waals surface area contributed by atoms with Crippen molar-refractivity contribution in [2.75, 3.05) is 0 Å². The Hall–Kier alpha value is -0.590. The molecule has 0 aliphatic carbocycles. The average Bonchev–Trinajstić information content (AvgIpc) is 1.80. The lowest BCUT2D eigenvalue weighted by atomic mass is 10.7. The largest absolute Gasteiger partial charge is 0.325 e. The molecule has 1 aromatic heterocycles. The highest BCUT2D eigenvalue weighted by Crippen LogP contribution is 1.87. The van der Waals surface area contributed by atoms with E-state index in [0.717, 1.165) is 0 Å². The van der Waals surface area contributed by atoms with Crippen LogP contribution in [0, 0.1) is 3.57 Å². The van der Waals surface area contributed by atoms with Crippen LogP contribution in [0.2, 0.25) is 0 Å². The molecule has 0 atom stereocenters. The number of hydrogen-bond donors (Lipinski definition) is 2. The van der Waals surface area contributed by atoms with Crippen molar-refractivity contribution in [2.45, 2.75) is 0 Å². The van der Waals surface area contributed by atoms with E-state index in [2.05, 4.69) is 9.97 Å². The van der Waals surface area contributed by atoms with Gasteiger partial charge < -0.3 is 4.98 Å². The SMILES string of the molecule is O=c1[nH]cc([125I])c(=O)[nH]1. The summed E-state index contributed by atoms with van der Waals surface area (Å²) in [5.41, 5.74) is -0.820. The minimum absolute atomic E-state index is 0.348. The van der Waals surface area contributed by atoms with Crippen LogP contribution >= 0.6 is 22.6 Å².